The number of hydrogen-bond acceptors (Lipinski definition) is 3. The van der Waals surface area contributed by atoms with Gasteiger partial charge in [-0.25, -0.2) is 0 Å². The second-order valence-electron chi connectivity index (χ2n) is 4.42. The van der Waals surface area contributed by atoms with Crippen LogP contribution >= 0.6 is 11.6 Å². The third kappa shape index (κ3) is 1.46. The van der Waals surface area contributed by atoms with Gasteiger partial charge in [0.05, 0.1) is 22.5 Å². The van der Waals surface area contributed by atoms with Crippen molar-refractivity contribution in [1.82, 2.24) is 0 Å². The molecule has 0 bridgehead atoms. The van der Waals surface area contributed by atoms with Crippen molar-refractivity contribution in [2.75, 3.05) is 30.4 Å². The van der Waals surface area contributed by atoms with E-state index in [2.05, 4.69) is 16.3 Å². The summed E-state index contributed by atoms with van der Waals surface area (Å²) < 4.78 is 5.45. The number of ether oxygens (including phenoxy) is 1. The molecule has 0 spiro atoms. The molecule has 1 aromatic rings. The van der Waals surface area contributed by atoms with E-state index >= 15 is 0 Å². The summed E-state index contributed by atoms with van der Waals surface area (Å²) in [5.74, 6) is 0. The van der Waals surface area contributed by atoms with E-state index in [0.29, 0.717) is 12.1 Å². The lowest BCUT2D eigenvalue weighted by Gasteiger charge is -2.34. The Labute approximate surface area is 100 Å². The fourth-order valence-corrected chi connectivity index (χ4v) is 2.97. The standard InChI is InChI=1S/C12H15ClN2O/c1-16-9-5-8-6-14-11-4-2-3-10(13)12(11)15(8)7-9/h2-4,8-9,14H,5-7H2,1H3. The Morgan fingerprint density at radius 1 is 1.50 bits per heavy atom. The molecule has 1 fully saturated rings. The van der Waals surface area contributed by atoms with Crippen LogP contribution in [-0.4, -0.2) is 32.3 Å². The van der Waals surface area contributed by atoms with Crippen molar-refractivity contribution in [3.05, 3.63) is 23.2 Å². The monoisotopic (exact) mass is 238 g/mol. The maximum atomic E-state index is 6.28. The molecule has 0 saturated carbocycles. The summed E-state index contributed by atoms with van der Waals surface area (Å²) >= 11 is 6.28. The van der Waals surface area contributed by atoms with Crippen LogP contribution in [0, 0.1) is 0 Å². The smallest absolute Gasteiger partial charge is 0.0795 e. The van der Waals surface area contributed by atoms with Gasteiger partial charge in [0.15, 0.2) is 0 Å². The van der Waals surface area contributed by atoms with Crippen molar-refractivity contribution in [1.29, 1.82) is 0 Å². The molecule has 1 saturated heterocycles. The van der Waals surface area contributed by atoms with Crippen molar-refractivity contribution in [3.8, 4) is 0 Å². The van der Waals surface area contributed by atoms with E-state index in [1.807, 2.05) is 12.1 Å². The lowest BCUT2D eigenvalue weighted by molar-refractivity contribution is 0.118. The normalized spacial score (nSPS) is 27.2. The summed E-state index contributed by atoms with van der Waals surface area (Å²) in [6, 6.07) is 6.53. The number of nitrogens with one attached hydrogen (secondary N) is 1. The van der Waals surface area contributed by atoms with Gasteiger partial charge in [0, 0.05) is 26.2 Å². The zero-order valence-electron chi connectivity index (χ0n) is 9.24. The Bertz CT molecular complexity index is 410. The average molecular weight is 239 g/mol. The first kappa shape index (κ1) is 10.2. The second kappa shape index (κ2) is 3.82. The molecule has 2 aliphatic heterocycles. The van der Waals surface area contributed by atoms with Crippen molar-refractivity contribution in [2.45, 2.75) is 18.6 Å². The summed E-state index contributed by atoms with van der Waals surface area (Å²) in [6.07, 6.45) is 1.41. The zero-order valence-corrected chi connectivity index (χ0v) is 10.00. The van der Waals surface area contributed by atoms with E-state index in [1.54, 1.807) is 7.11 Å². The molecule has 2 atom stereocenters. The topological polar surface area (TPSA) is 24.5 Å². The number of methoxy groups -OCH3 is 1. The molecule has 2 unspecified atom stereocenters. The Morgan fingerprint density at radius 2 is 2.38 bits per heavy atom. The van der Waals surface area contributed by atoms with Gasteiger partial charge in [0.25, 0.3) is 0 Å². The molecule has 1 aromatic carbocycles. The van der Waals surface area contributed by atoms with Gasteiger partial charge in [-0.1, -0.05) is 17.7 Å². The third-order valence-corrected chi connectivity index (χ3v) is 3.82. The van der Waals surface area contributed by atoms with Crippen molar-refractivity contribution >= 4 is 23.0 Å². The van der Waals surface area contributed by atoms with Crippen LogP contribution in [0.4, 0.5) is 11.4 Å². The first-order valence-corrected chi connectivity index (χ1v) is 5.99. The quantitative estimate of drug-likeness (QED) is 0.813. The molecule has 3 rings (SSSR count). The Hall–Kier alpha value is -0.930. The number of nitrogens with zero attached hydrogens (tertiary/aromatic N) is 1. The number of anilines is 2. The largest absolute Gasteiger partial charge is 0.381 e. The van der Waals surface area contributed by atoms with Gasteiger partial charge in [-0.3, -0.25) is 0 Å². The van der Waals surface area contributed by atoms with Crippen LogP contribution in [0.25, 0.3) is 0 Å². The molecule has 0 aromatic heterocycles. The van der Waals surface area contributed by atoms with Crippen molar-refractivity contribution < 1.29 is 4.74 Å². The summed E-state index contributed by atoms with van der Waals surface area (Å²) in [7, 11) is 1.78. The molecule has 2 heterocycles. The van der Waals surface area contributed by atoms with Gasteiger partial charge in [0.1, 0.15) is 0 Å². The first-order chi connectivity index (χ1) is 7.79. The average Bonchev–Trinajstić information content (AvgIpc) is 2.72. The minimum absolute atomic E-state index is 0.328. The van der Waals surface area contributed by atoms with Gasteiger partial charge < -0.3 is 15.0 Å². The maximum Gasteiger partial charge on any atom is 0.0795 e. The minimum Gasteiger partial charge on any atom is -0.381 e. The second-order valence-corrected chi connectivity index (χ2v) is 4.82. The van der Waals surface area contributed by atoms with Crippen LogP contribution in [0.2, 0.25) is 5.02 Å². The van der Waals surface area contributed by atoms with E-state index in [0.717, 1.165) is 35.9 Å². The van der Waals surface area contributed by atoms with E-state index in [9.17, 15) is 0 Å². The van der Waals surface area contributed by atoms with Crippen molar-refractivity contribution in [3.63, 3.8) is 0 Å². The Kier molecular flexibility index (Phi) is 2.45. The molecular weight excluding hydrogens is 224 g/mol. The van der Waals surface area contributed by atoms with Crippen molar-refractivity contribution in [2.24, 2.45) is 0 Å². The van der Waals surface area contributed by atoms with Gasteiger partial charge in [-0.15, -0.1) is 0 Å². The van der Waals surface area contributed by atoms with E-state index in [1.165, 1.54) is 0 Å². The number of halogens is 1. The molecule has 86 valence electrons. The summed E-state index contributed by atoms with van der Waals surface area (Å²) in [4.78, 5) is 2.38. The number of para-hydroxylation sites is 1. The van der Waals surface area contributed by atoms with Gasteiger partial charge >= 0.3 is 0 Å². The molecule has 1 N–H and O–H groups in total. The number of rotatable bonds is 1. The summed E-state index contributed by atoms with van der Waals surface area (Å²) in [6.45, 7) is 1.92. The fourth-order valence-electron chi connectivity index (χ4n) is 2.69. The van der Waals surface area contributed by atoms with Crippen LogP contribution in [-0.2, 0) is 4.74 Å². The highest BCUT2D eigenvalue weighted by molar-refractivity contribution is 6.34. The van der Waals surface area contributed by atoms with Gasteiger partial charge in [0.2, 0.25) is 0 Å². The van der Waals surface area contributed by atoms with Gasteiger partial charge in [-0.05, 0) is 18.6 Å². The Morgan fingerprint density at radius 3 is 3.19 bits per heavy atom. The molecule has 0 radical (unpaired) electrons. The number of fused-ring (bicyclic) bond motifs is 3. The first-order valence-electron chi connectivity index (χ1n) is 5.61. The van der Waals surface area contributed by atoms with Crippen LogP contribution in [0.1, 0.15) is 6.42 Å². The number of benzene rings is 1. The van der Waals surface area contributed by atoms with Gasteiger partial charge in [-0.2, -0.15) is 0 Å². The van der Waals surface area contributed by atoms with E-state index in [-0.39, 0.29) is 0 Å². The lowest BCUT2D eigenvalue weighted by atomic mass is 10.1. The SMILES string of the molecule is COC1CC2CNc3cccc(Cl)c3N2C1. The molecule has 2 aliphatic rings. The molecule has 0 aliphatic carbocycles. The van der Waals surface area contributed by atoms with Crippen LogP contribution in [0.5, 0.6) is 0 Å². The molecular formula is C12H15ClN2O. The van der Waals surface area contributed by atoms with Crippen LogP contribution in [0.3, 0.4) is 0 Å². The minimum atomic E-state index is 0.328. The van der Waals surface area contributed by atoms with Crippen LogP contribution < -0.4 is 10.2 Å². The van der Waals surface area contributed by atoms with E-state index < -0.39 is 0 Å². The third-order valence-electron chi connectivity index (χ3n) is 3.51. The predicted molar refractivity (Wildman–Crippen MR) is 66.5 cm³/mol. The zero-order chi connectivity index (χ0) is 11.1. The Balaban J connectivity index is 1.99. The highest BCUT2D eigenvalue weighted by Gasteiger charge is 2.36. The van der Waals surface area contributed by atoms with Crippen LogP contribution in [0.15, 0.2) is 18.2 Å². The molecule has 0 amide bonds. The lowest BCUT2D eigenvalue weighted by Crippen LogP contribution is -2.39. The van der Waals surface area contributed by atoms with E-state index in [4.69, 9.17) is 16.3 Å². The highest BCUT2D eigenvalue weighted by Crippen LogP contribution is 2.41. The summed E-state index contributed by atoms with van der Waals surface area (Å²) in [5.41, 5.74) is 2.28. The molecule has 16 heavy (non-hydrogen) atoms. The molecule has 4 heteroatoms. The predicted octanol–water partition coefficient (Wildman–Crippen LogP) is 2.36. The highest BCUT2D eigenvalue weighted by atomic mass is 35.5. The number of hydrogen-bond donors (Lipinski definition) is 1. The molecule has 3 nitrogen and oxygen atoms in total. The fraction of sp³-hybridized carbons (Fsp3) is 0.500. The summed E-state index contributed by atoms with van der Waals surface area (Å²) in [5, 5.41) is 4.26. The maximum absolute atomic E-state index is 6.28.